The number of anilines is 1. The van der Waals surface area contributed by atoms with Crippen molar-refractivity contribution in [3.8, 4) is 0 Å². The van der Waals surface area contributed by atoms with Crippen LogP contribution in [-0.4, -0.2) is 56.1 Å². The molecular formula is C15H22N2O2S2. The van der Waals surface area contributed by atoms with Crippen molar-refractivity contribution in [1.29, 1.82) is 0 Å². The van der Waals surface area contributed by atoms with Crippen LogP contribution in [0.2, 0.25) is 0 Å². The summed E-state index contributed by atoms with van der Waals surface area (Å²) < 4.78 is 23.8. The molecule has 0 radical (unpaired) electrons. The van der Waals surface area contributed by atoms with Gasteiger partial charge in [-0.3, -0.25) is 4.90 Å². The highest BCUT2D eigenvalue weighted by atomic mass is 32.2. The van der Waals surface area contributed by atoms with Crippen LogP contribution in [0.5, 0.6) is 0 Å². The van der Waals surface area contributed by atoms with Gasteiger partial charge < -0.3 is 5.32 Å². The van der Waals surface area contributed by atoms with Crippen LogP contribution >= 0.6 is 11.8 Å². The molecule has 0 amide bonds. The minimum absolute atomic E-state index is 0.305. The predicted octanol–water partition coefficient (Wildman–Crippen LogP) is 2.01. The van der Waals surface area contributed by atoms with Crippen molar-refractivity contribution in [3.63, 3.8) is 0 Å². The number of nitrogens with one attached hydrogen (secondary N) is 1. The van der Waals surface area contributed by atoms with Crippen LogP contribution in [0.15, 0.2) is 24.3 Å². The average Bonchev–Trinajstić information content (AvgIpc) is 2.88. The second-order valence-corrected chi connectivity index (χ2v) is 9.20. The molecule has 1 aromatic carbocycles. The van der Waals surface area contributed by atoms with Crippen molar-refractivity contribution in [2.24, 2.45) is 0 Å². The summed E-state index contributed by atoms with van der Waals surface area (Å²) in [5, 5.41) is 3.13. The Morgan fingerprint density at radius 2 is 2.19 bits per heavy atom. The van der Waals surface area contributed by atoms with Gasteiger partial charge in [0.1, 0.15) is 5.37 Å². The molecule has 0 aliphatic carbocycles. The number of sulfone groups is 1. The molecule has 2 atom stereocenters. The van der Waals surface area contributed by atoms with Crippen molar-refractivity contribution in [3.05, 3.63) is 29.8 Å². The summed E-state index contributed by atoms with van der Waals surface area (Å²) in [6, 6.07) is 8.43. The lowest BCUT2D eigenvalue weighted by Crippen LogP contribution is -2.47. The van der Waals surface area contributed by atoms with Gasteiger partial charge in [-0.25, -0.2) is 8.42 Å². The molecule has 2 unspecified atom stereocenters. The van der Waals surface area contributed by atoms with Crippen molar-refractivity contribution >= 4 is 27.3 Å². The molecule has 6 heteroatoms. The molecule has 0 aromatic heterocycles. The first kappa shape index (κ1) is 15.2. The van der Waals surface area contributed by atoms with Crippen molar-refractivity contribution in [1.82, 2.24) is 4.90 Å². The Labute approximate surface area is 131 Å². The molecule has 0 bridgehead atoms. The van der Waals surface area contributed by atoms with Gasteiger partial charge in [-0.2, -0.15) is 11.8 Å². The summed E-state index contributed by atoms with van der Waals surface area (Å²) in [5.74, 6) is 2.24. The number of para-hydroxylation sites is 1. The summed E-state index contributed by atoms with van der Waals surface area (Å²) >= 11 is 1.75. The summed E-state index contributed by atoms with van der Waals surface area (Å²) in [6.07, 6.45) is 2.38. The fraction of sp³-hybridized carbons (Fsp3) is 0.600. The zero-order chi connectivity index (χ0) is 14.9. The minimum Gasteiger partial charge on any atom is -0.384 e. The van der Waals surface area contributed by atoms with E-state index >= 15 is 0 Å². The van der Waals surface area contributed by atoms with Crippen LogP contribution in [0.1, 0.15) is 17.9 Å². The van der Waals surface area contributed by atoms with Gasteiger partial charge in [0.15, 0.2) is 9.84 Å². The Bertz CT molecular complexity index is 603. The van der Waals surface area contributed by atoms with E-state index in [0.717, 1.165) is 31.8 Å². The van der Waals surface area contributed by atoms with Crippen LogP contribution in [0.3, 0.4) is 0 Å². The van der Waals surface area contributed by atoms with E-state index in [1.165, 1.54) is 17.5 Å². The van der Waals surface area contributed by atoms with Gasteiger partial charge in [-0.1, -0.05) is 18.2 Å². The molecule has 2 heterocycles. The van der Waals surface area contributed by atoms with Crippen LogP contribution in [0.4, 0.5) is 5.69 Å². The quantitative estimate of drug-likeness (QED) is 0.917. The van der Waals surface area contributed by atoms with E-state index in [0.29, 0.717) is 11.7 Å². The summed E-state index contributed by atoms with van der Waals surface area (Å²) in [7, 11) is -2.99. The Balaban J connectivity index is 1.65. The maximum absolute atomic E-state index is 11.9. The van der Waals surface area contributed by atoms with E-state index in [1.807, 2.05) is 0 Å². The lowest BCUT2D eigenvalue weighted by atomic mass is 9.98. The third-order valence-electron chi connectivity index (χ3n) is 4.39. The highest BCUT2D eigenvalue weighted by Crippen LogP contribution is 2.33. The van der Waals surface area contributed by atoms with Crippen molar-refractivity contribution in [2.75, 3.05) is 42.7 Å². The van der Waals surface area contributed by atoms with E-state index < -0.39 is 9.84 Å². The predicted molar refractivity (Wildman–Crippen MR) is 89.8 cm³/mol. The Morgan fingerprint density at radius 3 is 3.00 bits per heavy atom. The number of nitrogens with zero attached hydrogens (tertiary/aromatic N) is 1. The number of fused-ring (bicyclic) bond motifs is 1. The van der Waals surface area contributed by atoms with Crippen LogP contribution < -0.4 is 5.32 Å². The number of hydrogen-bond donors (Lipinski definition) is 1. The Hall–Kier alpha value is -0.720. The SMILES string of the molecule is CS(=O)(=O)C1CSCCN1CCC1CNc2ccccc21. The summed E-state index contributed by atoms with van der Waals surface area (Å²) in [6.45, 7) is 2.70. The molecule has 3 rings (SSSR count). The monoisotopic (exact) mass is 326 g/mol. The van der Waals surface area contributed by atoms with Crippen molar-refractivity contribution in [2.45, 2.75) is 17.7 Å². The lowest BCUT2D eigenvalue weighted by Gasteiger charge is -2.34. The first-order valence-electron chi connectivity index (χ1n) is 7.39. The molecule has 1 fully saturated rings. The summed E-state index contributed by atoms with van der Waals surface area (Å²) in [4.78, 5) is 2.16. The molecule has 0 saturated carbocycles. The molecule has 1 saturated heterocycles. The van der Waals surface area contributed by atoms with E-state index in [9.17, 15) is 8.42 Å². The second kappa shape index (κ2) is 6.18. The van der Waals surface area contributed by atoms with Crippen LogP contribution in [0, 0.1) is 0 Å². The standard InChI is InChI=1S/C15H22N2O2S2/c1-21(18,19)15-11-20-9-8-17(15)7-6-12-10-16-14-5-3-2-4-13(12)14/h2-5,12,15-16H,6-11H2,1H3. The first-order chi connectivity index (χ1) is 10.1. The summed E-state index contributed by atoms with van der Waals surface area (Å²) in [5.41, 5.74) is 2.61. The topological polar surface area (TPSA) is 49.4 Å². The Kier molecular flexibility index (Phi) is 4.47. The molecule has 1 aromatic rings. The van der Waals surface area contributed by atoms with Gasteiger partial charge in [-0.15, -0.1) is 0 Å². The molecule has 4 nitrogen and oxygen atoms in total. The first-order valence-corrected chi connectivity index (χ1v) is 10.5. The third kappa shape index (κ3) is 3.38. The molecular weight excluding hydrogens is 304 g/mol. The van der Waals surface area contributed by atoms with Gasteiger partial charge in [-0.05, 0) is 18.1 Å². The number of benzene rings is 1. The smallest absolute Gasteiger partial charge is 0.164 e. The third-order valence-corrected chi connectivity index (χ3v) is 7.08. The fourth-order valence-electron chi connectivity index (χ4n) is 3.20. The van der Waals surface area contributed by atoms with E-state index in [4.69, 9.17) is 0 Å². The minimum atomic E-state index is -2.99. The number of thioether (sulfide) groups is 1. The lowest BCUT2D eigenvalue weighted by molar-refractivity contribution is 0.261. The van der Waals surface area contributed by atoms with E-state index in [1.54, 1.807) is 11.8 Å². The molecule has 116 valence electrons. The maximum atomic E-state index is 11.9. The largest absolute Gasteiger partial charge is 0.384 e. The normalized spacial score (nSPS) is 26.3. The van der Waals surface area contributed by atoms with Crippen molar-refractivity contribution < 1.29 is 8.42 Å². The molecule has 1 N–H and O–H groups in total. The second-order valence-electron chi connectivity index (χ2n) is 5.85. The highest BCUT2D eigenvalue weighted by molar-refractivity contribution is 8.00. The average molecular weight is 326 g/mol. The zero-order valence-corrected chi connectivity index (χ0v) is 13.9. The maximum Gasteiger partial charge on any atom is 0.164 e. The van der Waals surface area contributed by atoms with Gasteiger partial charge in [0.05, 0.1) is 0 Å². The number of rotatable bonds is 4. The van der Waals surface area contributed by atoms with Gasteiger partial charge in [0, 0.05) is 49.0 Å². The van der Waals surface area contributed by atoms with E-state index in [2.05, 4.69) is 34.5 Å². The van der Waals surface area contributed by atoms with E-state index in [-0.39, 0.29) is 5.37 Å². The Morgan fingerprint density at radius 1 is 1.38 bits per heavy atom. The zero-order valence-electron chi connectivity index (χ0n) is 12.3. The molecule has 0 spiro atoms. The van der Waals surface area contributed by atoms with Gasteiger partial charge in [0.25, 0.3) is 0 Å². The fourth-order valence-corrected chi connectivity index (χ4v) is 6.17. The van der Waals surface area contributed by atoms with Gasteiger partial charge in [0.2, 0.25) is 0 Å². The van der Waals surface area contributed by atoms with Gasteiger partial charge >= 0.3 is 0 Å². The number of hydrogen-bond acceptors (Lipinski definition) is 5. The highest BCUT2D eigenvalue weighted by Gasteiger charge is 2.31. The van der Waals surface area contributed by atoms with Crippen LogP contribution in [-0.2, 0) is 9.84 Å². The molecule has 2 aliphatic rings. The molecule has 21 heavy (non-hydrogen) atoms. The van der Waals surface area contributed by atoms with Crippen LogP contribution in [0.25, 0.3) is 0 Å². The molecule has 2 aliphatic heterocycles.